The molecule has 2 atom stereocenters. The Labute approximate surface area is 156 Å². The lowest BCUT2D eigenvalue weighted by Gasteiger charge is -2.30. The van der Waals surface area contributed by atoms with Crippen LogP contribution in [0.5, 0.6) is 0 Å². The van der Waals surface area contributed by atoms with Crippen molar-refractivity contribution < 1.29 is 24.6 Å². The van der Waals surface area contributed by atoms with Crippen molar-refractivity contribution in [1.29, 1.82) is 0 Å². The number of carboxylic acid groups (broad SMARTS) is 2. The zero-order chi connectivity index (χ0) is 19.6. The standard InChI is InChI=1S/C20H20N2O5/c1-12(13-5-3-2-4-6-13)22-11-15-9-14(20(26)27)7-8-16(15)21-17(19(22)25)10-18(23)24/h2-9,12,17,21H,10-11H2,1H3,(H,23,24)(H,26,27). The highest BCUT2D eigenvalue weighted by atomic mass is 16.4. The number of carboxylic acids is 2. The fourth-order valence-corrected chi connectivity index (χ4v) is 3.26. The smallest absolute Gasteiger partial charge is 0.335 e. The van der Waals surface area contributed by atoms with Gasteiger partial charge in [-0.1, -0.05) is 30.3 Å². The van der Waals surface area contributed by atoms with Crippen LogP contribution in [0.2, 0.25) is 0 Å². The number of fused-ring (bicyclic) bond motifs is 1. The van der Waals surface area contributed by atoms with E-state index >= 15 is 0 Å². The van der Waals surface area contributed by atoms with Crippen LogP contribution in [-0.2, 0) is 16.1 Å². The van der Waals surface area contributed by atoms with Gasteiger partial charge in [-0.2, -0.15) is 0 Å². The highest BCUT2D eigenvalue weighted by Gasteiger charge is 2.34. The number of rotatable bonds is 5. The highest BCUT2D eigenvalue weighted by Crippen LogP contribution is 2.31. The SMILES string of the molecule is CC(c1ccccc1)N1Cc2cc(C(=O)O)ccc2NC(CC(=O)O)C1=O. The van der Waals surface area contributed by atoms with E-state index in [1.54, 1.807) is 11.0 Å². The summed E-state index contributed by atoms with van der Waals surface area (Å²) in [7, 11) is 0. The number of carbonyl (C=O) groups excluding carboxylic acids is 1. The molecular formula is C20H20N2O5. The number of anilines is 1. The van der Waals surface area contributed by atoms with E-state index in [4.69, 9.17) is 0 Å². The van der Waals surface area contributed by atoms with E-state index in [9.17, 15) is 24.6 Å². The fourth-order valence-electron chi connectivity index (χ4n) is 3.26. The van der Waals surface area contributed by atoms with Gasteiger partial charge in [-0.25, -0.2) is 4.79 Å². The van der Waals surface area contributed by atoms with Crippen LogP contribution in [0.25, 0.3) is 0 Å². The first-order valence-electron chi connectivity index (χ1n) is 8.57. The summed E-state index contributed by atoms with van der Waals surface area (Å²) in [5.41, 5.74) is 2.24. The van der Waals surface area contributed by atoms with Crippen molar-refractivity contribution in [3.05, 3.63) is 65.2 Å². The van der Waals surface area contributed by atoms with Gasteiger partial charge in [-0.3, -0.25) is 9.59 Å². The van der Waals surface area contributed by atoms with Crippen molar-refractivity contribution in [2.75, 3.05) is 5.32 Å². The van der Waals surface area contributed by atoms with Gasteiger partial charge in [0.2, 0.25) is 5.91 Å². The summed E-state index contributed by atoms with van der Waals surface area (Å²) < 4.78 is 0. The minimum atomic E-state index is -1.08. The summed E-state index contributed by atoms with van der Waals surface area (Å²) in [5, 5.41) is 21.4. The Balaban J connectivity index is 2.03. The zero-order valence-corrected chi connectivity index (χ0v) is 14.8. The Hall–Kier alpha value is -3.35. The maximum absolute atomic E-state index is 13.1. The van der Waals surface area contributed by atoms with E-state index < -0.39 is 18.0 Å². The monoisotopic (exact) mass is 368 g/mol. The van der Waals surface area contributed by atoms with Gasteiger partial charge in [0.05, 0.1) is 18.0 Å². The normalized spacial score (nSPS) is 17.4. The topological polar surface area (TPSA) is 107 Å². The van der Waals surface area contributed by atoms with Crippen LogP contribution >= 0.6 is 0 Å². The first-order chi connectivity index (χ1) is 12.9. The van der Waals surface area contributed by atoms with E-state index in [0.717, 1.165) is 5.56 Å². The molecule has 1 aliphatic heterocycles. The van der Waals surface area contributed by atoms with Crippen molar-refractivity contribution in [3.63, 3.8) is 0 Å². The Bertz CT molecular complexity index is 881. The Morgan fingerprint density at radius 1 is 1.19 bits per heavy atom. The molecule has 7 heteroatoms. The molecular weight excluding hydrogens is 348 g/mol. The molecule has 0 saturated carbocycles. The van der Waals surface area contributed by atoms with Crippen LogP contribution in [-0.4, -0.2) is 39.0 Å². The van der Waals surface area contributed by atoms with E-state index in [1.807, 2.05) is 37.3 Å². The first kappa shape index (κ1) is 18.4. The molecule has 1 heterocycles. The van der Waals surface area contributed by atoms with Gasteiger partial charge in [-0.15, -0.1) is 0 Å². The highest BCUT2D eigenvalue weighted by molar-refractivity contribution is 5.92. The fraction of sp³-hybridized carbons (Fsp3) is 0.250. The second kappa shape index (κ2) is 7.49. The Morgan fingerprint density at radius 3 is 2.52 bits per heavy atom. The number of hydrogen-bond acceptors (Lipinski definition) is 4. The predicted molar refractivity (Wildman–Crippen MR) is 98.5 cm³/mol. The second-order valence-electron chi connectivity index (χ2n) is 6.52. The molecule has 27 heavy (non-hydrogen) atoms. The van der Waals surface area contributed by atoms with Crippen LogP contribution in [0.1, 0.15) is 40.9 Å². The summed E-state index contributed by atoms with van der Waals surface area (Å²) in [4.78, 5) is 37.2. The lowest BCUT2D eigenvalue weighted by Crippen LogP contribution is -2.42. The molecule has 2 aromatic rings. The molecule has 2 aromatic carbocycles. The summed E-state index contributed by atoms with van der Waals surface area (Å²) >= 11 is 0. The van der Waals surface area contributed by atoms with E-state index in [0.29, 0.717) is 11.3 Å². The Kier molecular flexibility index (Phi) is 5.12. The minimum absolute atomic E-state index is 0.118. The van der Waals surface area contributed by atoms with Gasteiger partial charge in [0.25, 0.3) is 0 Å². The van der Waals surface area contributed by atoms with E-state index in [1.165, 1.54) is 12.1 Å². The maximum atomic E-state index is 13.1. The van der Waals surface area contributed by atoms with Gasteiger partial charge in [0, 0.05) is 12.2 Å². The third kappa shape index (κ3) is 3.92. The van der Waals surface area contributed by atoms with Crippen LogP contribution in [0.15, 0.2) is 48.5 Å². The largest absolute Gasteiger partial charge is 0.481 e. The van der Waals surface area contributed by atoms with Gasteiger partial charge >= 0.3 is 11.9 Å². The lowest BCUT2D eigenvalue weighted by molar-refractivity contribution is -0.142. The predicted octanol–water partition coefficient (Wildman–Crippen LogP) is 2.74. The summed E-state index contributed by atoms with van der Waals surface area (Å²) in [6, 6.07) is 12.7. The number of amides is 1. The van der Waals surface area contributed by atoms with Crippen LogP contribution in [0.3, 0.4) is 0 Å². The summed E-state index contributed by atoms with van der Waals surface area (Å²) in [6.45, 7) is 2.06. The number of hydrogen-bond donors (Lipinski definition) is 3. The van der Waals surface area contributed by atoms with E-state index in [2.05, 4.69) is 5.32 Å². The molecule has 0 aromatic heterocycles. The minimum Gasteiger partial charge on any atom is -0.481 e. The number of aliphatic carboxylic acids is 1. The van der Waals surface area contributed by atoms with Crippen molar-refractivity contribution >= 4 is 23.5 Å². The molecule has 3 N–H and O–H groups in total. The van der Waals surface area contributed by atoms with Gasteiger partial charge in [-0.05, 0) is 36.2 Å². The molecule has 0 aliphatic carbocycles. The third-order valence-electron chi connectivity index (χ3n) is 4.73. The maximum Gasteiger partial charge on any atom is 0.335 e. The van der Waals surface area contributed by atoms with Crippen molar-refractivity contribution in [3.8, 4) is 0 Å². The van der Waals surface area contributed by atoms with Gasteiger partial charge < -0.3 is 20.4 Å². The van der Waals surface area contributed by atoms with Crippen LogP contribution < -0.4 is 5.32 Å². The molecule has 0 radical (unpaired) electrons. The van der Waals surface area contributed by atoms with Crippen LogP contribution in [0.4, 0.5) is 5.69 Å². The van der Waals surface area contributed by atoms with E-state index in [-0.39, 0.29) is 30.5 Å². The zero-order valence-electron chi connectivity index (χ0n) is 14.8. The number of nitrogens with one attached hydrogen (secondary N) is 1. The molecule has 2 unspecified atom stereocenters. The molecule has 140 valence electrons. The van der Waals surface area contributed by atoms with Gasteiger partial charge in [0.15, 0.2) is 0 Å². The number of carbonyl (C=O) groups is 3. The number of nitrogens with zero attached hydrogens (tertiary/aromatic N) is 1. The summed E-state index contributed by atoms with van der Waals surface area (Å²) in [5.74, 6) is -2.47. The van der Waals surface area contributed by atoms with Crippen molar-refractivity contribution in [2.24, 2.45) is 0 Å². The van der Waals surface area contributed by atoms with Crippen LogP contribution in [0, 0.1) is 0 Å². The molecule has 0 saturated heterocycles. The third-order valence-corrected chi connectivity index (χ3v) is 4.73. The molecule has 0 spiro atoms. The average molecular weight is 368 g/mol. The lowest BCUT2D eigenvalue weighted by atomic mass is 10.0. The summed E-state index contributed by atoms with van der Waals surface area (Å²) in [6.07, 6.45) is -0.364. The molecule has 7 nitrogen and oxygen atoms in total. The second-order valence-corrected chi connectivity index (χ2v) is 6.52. The van der Waals surface area contributed by atoms with Crippen molar-refractivity contribution in [1.82, 2.24) is 4.90 Å². The van der Waals surface area contributed by atoms with Gasteiger partial charge in [0.1, 0.15) is 6.04 Å². The molecule has 1 amide bonds. The number of benzene rings is 2. The number of aromatic carboxylic acids is 1. The Morgan fingerprint density at radius 2 is 1.89 bits per heavy atom. The quantitative estimate of drug-likeness (QED) is 0.749. The molecule has 1 aliphatic rings. The molecule has 0 fully saturated rings. The molecule has 3 rings (SSSR count). The molecule has 0 bridgehead atoms. The van der Waals surface area contributed by atoms with Crippen molar-refractivity contribution in [2.45, 2.75) is 32.0 Å². The first-order valence-corrected chi connectivity index (χ1v) is 8.57. The average Bonchev–Trinajstić information content (AvgIpc) is 2.78.